The first-order valence-electron chi connectivity index (χ1n) is 9.33. The first kappa shape index (κ1) is 18.9. The lowest BCUT2D eigenvalue weighted by atomic mass is 10.1. The molecule has 2 atom stereocenters. The van der Waals surface area contributed by atoms with Crippen molar-refractivity contribution in [1.82, 2.24) is 4.90 Å². The highest BCUT2D eigenvalue weighted by atomic mass is 16.2. The molecule has 1 aliphatic rings. The molecule has 2 aromatic rings. The third-order valence-corrected chi connectivity index (χ3v) is 5.01. The van der Waals surface area contributed by atoms with Crippen molar-refractivity contribution < 1.29 is 4.79 Å². The van der Waals surface area contributed by atoms with Gasteiger partial charge in [-0.15, -0.1) is 0 Å². The summed E-state index contributed by atoms with van der Waals surface area (Å²) in [5, 5.41) is 10.8. The lowest BCUT2D eigenvalue weighted by Gasteiger charge is -2.28. The van der Waals surface area contributed by atoms with Crippen molar-refractivity contribution in [3.05, 3.63) is 65.7 Å². The summed E-state index contributed by atoms with van der Waals surface area (Å²) >= 11 is 0. The number of hydrogen-bond acceptors (Lipinski definition) is 4. The first-order chi connectivity index (χ1) is 13.0. The lowest BCUT2D eigenvalue weighted by molar-refractivity contribution is -0.133. The molecule has 0 radical (unpaired) electrons. The molecule has 1 fully saturated rings. The predicted molar refractivity (Wildman–Crippen MR) is 109 cm³/mol. The molecule has 1 saturated heterocycles. The van der Waals surface area contributed by atoms with E-state index in [1.807, 2.05) is 59.5 Å². The molecule has 1 aliphatic heterocycles. The zero-order valence-corrected chi connectivity index (χ0v) is 15.4. The van der Waals surface area contributed by atoms with Crippen LogP contribution in [0.1, 0.15) is 24.0 Å². The summed E-state index contributed by atoms with van der Waals surface area (Å²) in [4.78, 5) is 14.7. The van der Waals surface area contributed by atoms with Gasteiger partial charge in [0.25, 0.3) is 0 Å². The largest absolute Gasteiger partial charge is 0.384 e. The molecular formula is C21H27N5O. The van der Waals surface area contributed by atoms with E-state index in [1.54, 1.807) is 0 Å². The smallest absolute Gasteiger partial charge is 0.240 e. The molecule has 0 unspecified atom stereocenters. The molecule has 6 heteroatoms. The normalized spacial score (nSPS) is 17.5. The molecule has 6 nitrogen and oxygen atoms in total. The fourth-order valence-electron chi connectivity index (χ4n) is 3.51. The molecule has 0 saturated carbocycles. The van der Waals surface area contributed by atoms with Gasteiger partial charge < -0.3 is 21.7 Å². The van der Waals surface area contributed by atoms with E-state index >= 15 is 0 Å². The number of carbonyl (C=O) groups excluding carboxylic acids is 1. The van der Waals surface area contributed by atoms with Crippen molar-refractivity contribution in [1.29, 1.82) is 5.41 Å². The zero-order chi connectivity index (χ0) is 19.2. The highest BCUT2D eigenvalue weighted by Crippen LogP contribution is 2.20. The van der Waals surface area contributed by atoms with Crippen LogP contribution in [0.4, 0.5) is 5.69 Å². The maximum Gasteiger partial charge on any atom is 0.240 e. The maximum absolute atomic E-state index is 12.8. The third kappa shape index (κ3) is 4.86. The number of carbonyl (C=O) groups is 1. The number of benzene rings is 2. The number of nitrogens with zero attached hydrogens (tertiary/aromatic N) is 1. The van der Waals surface area contributed by atoms with Crippen LogP contribution in [0.5, 0.6) is 0 Å². The monoisotopic (exact) mass is 365 g/mol. The van der Waals surface area contributed by atoms with Gasteiger partial charge in [0.15, 0.2) is 0 Å². The molecule has 1 heterocycles. The van der Waals surface area contributed by atoms with E-state index in [0.29, 0.717) is 18.5 Å². The Hall–Kier alpha value is -2.86. The summed E-state index contributed by atoms with van der Waals surface area (Å²) in [7, 11) is 0. The van der Waals surface area contributed by atoms with Crippen LogP contribution < -0.4 is 16.8 Å². The minimum Gasteiger partial charge on any atom is -0.384 e. The molecule has 0 spiro atoms. The fraction of sp³-hybridized carbons (Fsp3) is 0.333. The van der Waals surface area contributed by atoms with E-state index in [4.69, 9.17) is 16.9 Å². The van der Waals surface area contributed by atoms with Crippen molar-refractivity contribution in [2.45, 2.75) is 31.3 Å². The van der Waals surface area contributed by atoms with Gasteiger partial charge >= 0.3 is 0 Å². The summed E-state index contributed by atoms with van der Waals surface area (Å²) in [6, 6.07) is 17.0. The Labute approximate surface area is 160 Å². The molecule has 142 valence electrons. The number of nitrogens with one attached hydrogen (secondary N) is 2. The van der Waals surface area contributed by atoms with Crippen LogP contribution in [0.2, 0.25) is 0 Å². The second-order valence-electron chi connectivity index (χ2n) is 7.00. The van der Waals surface area contributed by atoms with Crippen molar-refractivity contribution in [2.24, 2.45) is 11.5 Å². The van der Waals surface area contributed by atoms with Crippen molar-refractivity contribution in [3.63, 3.8) is 0 Å². The van der Waals surface area contributed by atoms with Gasteiger partial charge in [0.2, 0.25) is 5.91 Å². The van der Waals surface area contributed by atoms with Crippen LogP contribution in [0.15, 0.2) is 54.6 Å². The molecule has 2 aromatic carbocycles. The number of anilines is 1. The molecule has 0 bridgehead atoms. The Bertz CT molecular complexity index is 775. The van der Waals surface area contributed by atoms with Crippen LogP contribution >= 0.6 is 0 Å². The van der Waals surface area contributed by atoms with Gasteiger partial charge in [0, 0.05) is 30.4 Å². The van der Waals surface area contributed by atoms with E-state index in [0.717, 1.165) is 30.6 Å². The molecular weight excluding hydrogens is 338 g/mol. The van der Waals surface area contributed by atoms with Gasteiger partial charge in [0.1, 0.15) is 5.84 Å². The molecule has 3 rings (SSSR count). The Kier molecular flexibility index (Phi) is 6.08. The third-order valence-electron chi connectivity index (χ3n) is 5.01. The van der Waals surface area contributed by atoms with Gasteiger partial charge in [-0.05, 0) is 49.1 Å². The first-order valence-corrected chi connectivity index (χ1v) is 9.33. The van der Waals surface area contributed by atoms with Crippen LogP contribution in [0, 0.1) is 5.41 Å². The predicted octanol–water partition coefficient (Wildman–Crippen LogP) is 1.94. The summed E-state index contributed by atoms with van der Waals surface area (Å²) in [6.07, 6.45) is 2.53. The second-order valence-corrected chi connectivity index (χ2v) is 7.00. The zero-order valence-electron chi connectivity index (χ0n) is 15.4. The molecule has 0 aromatic heterocycles. The average Bonchev–Trinajstić information content (AvgIpc) is 3.15. The quantitative estimate of drug-likeness (QED) is 0.444. The summed E-state index contributed by atoms with van der Waals surface area (Å²) in [5.74, 6) is 0.0802. The van der Waals surface area contributed by atoms with E-state index < -0.39 is 6.04 Å². The van der Waals surface area contributed by atoms with Crippen molar-refractivity contribution in [3.8, 4) is 0 Å². The van der Waals surface area contributed by atoms with Crippen molar-refractivity contribution in [2.75, 3.05) is 18.4 Å². The van der Waals surface area contributed by atoms with E-state index in [1.165, 1.54) is 0 Å². The number of rotatable bonds is 7. The Morgan fingerprint density at radius 3 is 2.56 bits per heavy atom. The van der Waals surface area contributed by atoms with Crippen LogP contribution in [0.3, 0.4) is 0 Å². The number of amides is 1. The number of amidine groups is 1. The lowest BCUT2D eigenvalue weighted by Crippen LogP contribution is -2.48. The summed E-state index contributed by atoms with van der Waals surface area (Å²) < 4.78 is 0. The number of nitrogen functional groups attached to an aromatic ring is 1. The summed E-state index contributed by atoms with van der Waals surface area (Å²) in [6.45, 7) is 1.44. The SMILES string of the molecule is N=C(N)c1ccc(NC[C@@H]2CCCN2C(=O)[C@H](N)Cc2ccccc2)cc1. The van der Waals surface area contributed by atoms with Gasteiger partial charge in [0.05, 0.1) is 6.04 Å². The van der Waals surface area contributed by atoms with E-state index in [2.05, 4.69) is 5.32 Å². The van der Waals surface area contributed by atoms with Gasteiger partial charge in [-0.2, -0.15) is 0 Å². The minimum absolute atomic E-state index is 0.0232. The minimum atomic E-state index is -0.511. The van der Waals surface area contributed by atoms with Crippen LogP contribution in [-0.2, 0) is 11.2 Å². The highest BCUT2D eigenvalue weighted by Gasteiger charge is 2.31. The molecule has 27 heavy (non-hydrogen) atoms. The van der Waals surface area contributed by atoms with Crippen LogP contribution in [0.25, 0.3) is 0 Å². The Morgan fingerprint density at radius 1 is 1.19 bits per heavy atom. The number of likely N-dealkylation sites (tertiary alicyclic amines) is 1. The molecule has 0 aliphatic carbocycles. The average molecular weight is 365 g/mol. The Morgan fingerprint density at radius 2 is 1.89 bits per heavy atom. The van der Waals surface area contributed by atoms with E-state index in [-0.39, 0.29) is 17.8 Å². The highest BCUT2D eigenvalue weighted by molar-refractivity contribution is 5.95. The van der Waals surface area contributed by atoms with Crippen LogP contribution in [-0.4, -0.2) is 41.8 Å². The van der Waals surface area contributed by atoms with Gasteiger partial charge in [-0.3, -0.25) is 10.2 Å². The fourth-order valence-corrected chi connectivity index (χ4v) is 3.51. The topological polar surface area (TPSA) is 108 Å². The summed E-state index contributed by atoms with van der Waals surface area (Å²) in [5.41, 5.74) is 14.4. The van der Waals surface area contributed by atoms with Crippen molar-refractivity contribution >= 4 is 17.4 Å². The standard InChI is InChI=1S/C21H27N5O/c22-19(13-15-5-2-1-3-6-15)21(27)26-12-4-7-18(26)14-25-17-10-8-16(9-11-17)20(23)24/h1-3,5-6,8-11,18-19,25H,4,7,12-14,22H2,(H3,23,24)/t18-,19+/m0/s1. The molecule has 6 N–H and O–H groups in total. The second kappa shape index (κ2) is 8.68. The number of nitrogens with two attached hydrogens (primary N) is 2. The maximum atomic E-state index is 12.8. The molecule has 1 amide bonds. The van der Waals surface area contributed by atoms with Gasteiger partial charge in [-0.25, -0.2) is 0 Å². The van der Waals surface area contributed by atoms with E-state index in [9.17, 15) is 4.79 Å². The Balaban J connectivity index is 1.56. The van der Waals surface area contributed by atoms with Gasteiger partial charge in [-0.1, -0.05) is 30.3 Å². The number of hydrogen-bond donors (Lipinski definition) is 4.